The molecule has 0 fully saturated rings. The number of thiophene rings is 2. The minimum atomic E-state index is 0.388. The van der Waals surface area contributed by atoms with Crippen LogP contribution in [0.5, 0.6) is 0 Å². The Kier molecular flexibility index (Phi) is 8.02. The molecule has 2 atom stereocenters. The number of hydrogen-bond acceptors (Lipinski definition) is 8. The van der Waals surface area contributed by atoms with E-state index in [4.69, 9.17) is 0 Å². The summed E-state index contributed by atoms with van der Waals surface area (Å²) < 4.78 is 0. The van der Waals surface area contributed by atoms with Crippen molar-refractivity contribution in [3.63, 3.8) is 0 Å². The maximum absolute atomic E-state index is 4.62. The van der Waals surface area contributed by atoms with Crippen molar-refractivity contribution in [2.45, 2.75) is 44.3 Å². The molecule has 2 N–H and O–H groups in total. The Morgan fingerprint density at radius 2 is 1.50 bits per heavy atom. The molecule has 0 saturated heterocycles. The van der Waals surface area contributed by atoms with Gasteiger partial charge in [-0.25, -0.2) is 0 Å². The van der Waals surface area contributed by atoms with Gasteiger partial charge in [0.1, 0.15) is 0 Å². The van der Waals surface area contributed by atoms with Crippen LogP contribution in [-0.2, 0) is 19.4 Å². The molecule has 4 aromatic rings. The molecule has 0 amide bonds. The molecule has 0 saturated carbocycles. The van der Waals surface area contributed by atoms with Crippen molar-refractivity contribution < 1.29 is 0 Å². The first-order chi connectivity index (χ1) is 18.8. The molecule has 0 aromatic carbocycles. The van der Waals surface area contributed by atoms with Gasteiger partial charge in [-0.1, -0.05) is 6.07 Å². The minimum absolute atomic E-state index is 0.388. The molecule has 0 aliphatic carbocycles. The van der Waals surface area contributed by atoms with Gasteiger partial charge in [-0.15, -0.1) is 22.7 Å². The second-order valence-corrected chi connectivity index (χ2v) is 12.2. The Morgan fingerprint density at radius 3 is 2.16 bits per heavy atom. The zero-order valence-electron chi connectivity index (χ0n) is 22.0. The highest BCUT2D eigenvalue weighted by Crippen LogP contribution is 2.39. The van der Waals surface area contributed by atoms with Gasteiger partial charge in [0.05, 0.1) is 34.8 Å². The molecule has 4 aromatic heterocycles. The molecule has 38 heavy (non-hydrogen) atoms. The first-order valence-corrected chi connectivity index (χ1v) is 15.4. The Hall–Kier alpha value is -2.78. The standard InChI is InChI=1S/C30H36N6S2/c1-31-16-10-28(36-19-13-24-26(36)6-3-15-34-24)30-9-8-22(38-30)21-32-17-11-27(29-7-4-20-37-29)35-18-12-23-25(35)5-2-14-33-23/h2-9,14-15,20,27-28,31-32H,10-13,16-19,21H2,1H3/t27-,28+/m0/s1. The van der Waals surface area contributed by atoms with Crippen molar-refractivity contribution in [2.24, 2.45) is 0 Å². The average Bonchev–Trinajstić information content (AvgIpc) is 3.77. The molecule has 6 rings (SSSR count). The lowest BCUT2D eigenvalue weighted by molar-refractivity contribution is 0.554. The van der Waals surface area contributed by atoms with Crippen LogP contribution in [0.25, 0.3) is 0 Å². The molecule has 198 valence electrons. The summed E-state index contributed by atoms with van der Waals surface area (Å²) in [5.41, 5.74) is 5.08. The average molecular weight is 545 g/mol. The van der Waals surface area contributed by atoms with E-state index in [9.17, 15) is 0 Å². The first-order valence-electron chi connectivity index (χ1n) is 13.7. The third-order valence-electron chi connectivity index (χ3n) is 7.73. The summed E-state index contributed by atoms with van der Waals surface area (Å²) in [5, 5.41) is 9.31. The fourth-order valence-corrected chi connectivity index (χ4v) is 7.90. The van der Waals surface area contributed by atoms with E-state index in [1.54, 1.807) is 0 Å². The molecule has 0 spiro atoms. The third-order valence-corrected chi connectivity index (χ3v) is 9.89. The molecular weight excluding hydrogens is 509 g/mol. The number of aromatic nitrogens is 2. The summed E-state index contributed by atoms with van der Waals surface area (Å²) in [5.74, 6) is 0. The second-order valence-electron chi connectivity index (χ2n) is 10.0. The van der Waals surface area contributed by atoms with Gasteiger partial charge in [0.2, 0.25) is 0 Å². The van der Waals surface area contributed by atoms with Crippen LogP contribution in [0.3, 0.4) is 0 Å². The maximum atomic E-state index is 4.62. The Labute approximate surface area is 233 Å². The van der Waals surface area contributed by atoms with E-state index < -0.39 is 0 Å². The van der Waals surface area contributed by atoms with Gasteiger partial charge in [-0.2, -0.15) is 0 Å². The Morgan fingerprint density at radius 1 is 0.816 bits per heavy atom. The molecule has 2 aliphatic heterocycles. The van der Waals surface area contributed by atoms with Crippen molar-refractivity contribution in [3.05, 3.63) is 92.3 Å². The van der Waals surface area contributed by atoms with Crippen LogP contribution in [0.1, 0.15) is 50.9 Å². The van der Waals surface area contributed by atoms with Gasteiger partial charge >= 0.3 is 0 Å². The number of nitrogens with one attached hydrogen (secondary N) is 2. The van der Waals surface area contributed by atoms with Crippen LogP contribution < -0.4 is 20.4 Å². The van der Waals surface area contributed by atoms with E-state index in [1.807, 2.05) is 42.1 Å². The second kappa shape index (κ2) is 11.9. The highest BCUT2D eigenvalue weighted by Gasteiger charge is 2.29. The van der Waals surface area contributed by atoms with Crippen molar-refractivity contribution in [1.29, 1.82) is 0 Å². The molecule has 8 heteroatoms. The van der Waals surface area contributed by atoms with Gasteiger partial charge in [0.25, 0.3) is 0 Å². The molecule has 0 bridgehead atoms. The van der Waals surface area contributed by atoms with Crippen molar-refractivity contribution in [3.8, 4) is 0 Å². The molecular formula is C30H36N6S2. The molecule has 6 nitrogen and oxygen atoms in total. The Balaban J connectivity index is 1.09. The smallest absolute Gasteiger partial charge is 0.0654 e. The van der Waals surface area contributed by atoms with Gasteiger partial charge in [0, 0.05) is 59.5 Å². The predicted octanol–water partition coefficient (Wildman–Crippen LogP) is 5.60. The monoisotopic (exact) mass is 544 g/mol. The largest absolute Gasteiger partial charge is 0.362 e. The maximum Gasteiger partial charge on any atom is 0.0654 e. The number of nitrogens with zero attached hydrogens (tertiary/aromatic N) is 4. The highest BCUT2D eigenvalue weighted by molar-refractivity contribution is 7.12. The van der Waals surface area contributed by atoms with Crippen molar-refractivity contribution >= 4 is 34.0 Å². The quantitative estimate of drug-likeness (QED) is 0.227. The number of rotatable bonds is 12. The van der Waals surface area contributed by atoms with Crippen molar-refractivity contribution in [2.75, 3.05) is 43.0 Å². The van der Waals surface area contributed by atoms with Gasteiger partial charge in [0.15, 0.2) is 0 Å². The normalized spacial score (nSPS) is 16.0. The number of pyridine rings is 2. The van der Waals surface area contributed by atoms with E-state index in [-0.39, 0.29) is 0 Å². The third kappa shape index (κ3) is 5.36. The minimum Gasteiger partial charge on any atom is -0.362 e. The van der Waals surface area contributed by atoms with Crippen LogP contribution in [0, 0.1) is 0 Å². The van der Waals surface area contributed by atoms with Crippen molar-refractivity contribution in [1.82, 2.24) is 20.6 Å². The predicted molar refractivity (Wildman–Crippen MR) is 160 cm³/mol. The fraction of sp³-hybridized carbons (Fsp3) is 0.400. The lowest BCUT2D eigenvalue weighted by Crippen LogP contribution is -2.29. The zero-order chi connectivity index (χ0) is 25.7. The molecule has 0 unspecified atom stereocenters. The first kappa shape index (κ1) is 25.5. The van der Waals surface area contributed by atoms with Gasteiger partial charge in [-0.3, -0.25) is 9.97 Å². The number of hydrogen-bond donors (Lipinski definition) is 2. The lowest BCUT2D eigenvalue weighted by atomic mass is 10.1. The van der Waals surface area contributed by atoms with Crippen LogP contribution in [0.15, 0.2) is 66.3 Å². The van der Waals surface area contributed by atoms with E-state index in [2.05, 4.69) is 84.3 Å². The summed E-state index contributed by atoms with van der Waals surface area (Å²) in [6.07, 6.45) is 8.08. The summed E-state index contributed by atoms with van der Waals surface area (Å²) >= 11 is 3.82. The Bertz CT molecular complexity index is 1320. The van der Waals surface area contributed by atoms with Crippen LogP contribution in [0.4, 0.5) is 11.4 Å². The summed E-state index contributed by atoms with van der Waals surface area (Å²) in [7, 11) is 2.04. The van der Waals surface area contributed by atoms with Crippen LogP contribution >= 0.6 is 22.7 Å². The molecule has 2 aliphatic rings. The summed E-state index contributed by atoms with van der Waals surface area (Å²) in [6.45, 7) is 4.99. The van der Waals surface area contributed by atoms with E-state index in [1.165, 1.54) is 37.4 Å². The van der Waals surface area contributed by atoms with E-state index >= 15 is 0 Å². The van der Waals surface area contributed by atoms with Crippen LogP contribution in [-0.4, -0.2) is 43.2 Å². The molecule has 6 heterocycles. The van der Waals surface area contributed by atoms with Crippen LogP contribution in [0.2, 0.25) is 0 Å². The zero-order valence-corrected chi connectivity index (χ0v) is 23.6. The van der Waals surface area contributed by atoms with E-state index in [0.717, 1.165) is 58.4 Å². The molecule has 0 radical (unpaired) electrons. The van der Waals surface area contributed by atoms with E-state index in [0.29, 0.717) is 12.1 Å². The fourth-order valence-electron chi connectivity index (χ4n) is 5.89. The summed E-state index contributed by atoms with van der Waals surface area (Å²) in [6, 6.07) is 18.5. The topological polar surface area (TPSA) is 56.3 Å². The SMILES string of the molecule is CNCC[C@H](c1ccc(CNCC[C@@H](c2cccs2)N2CCc3ncccc32)s1)N1CCc2ncccc21. The van der Waals surface area contributed by atoms with Gasteiger partial charge in [-0.05, 0) is 80.8 Å². The number of fused-ring (bicyclic) bond motifs is 2. The highest BCUT2D eigenvalue weighted by atomic mass is 32.1. The lowest BCUT2D eigenvalue weighted by Gasteiger charge is -2.30. The van der Waals surface area contributed by atoms with Gasteiger partial charge < -0.3 is 20.4 Å². The summed E-state index contributed by atoms with van der Waals surface area (Å²) in [4.78, 5) is 18.7. The number of anilines is 2.